The van der Waals surface area contributed by atoms with Gasteiger partial charge in [0.15, 0.2) is 11.3 Å². The van der Waals surface area contributed by atoms with E-state index in [0.29, 0.717) is 45.5 Å². The van der Waals surface area contributed by atoms with Gasteiger partial charge in [0.05, 0.1) is 17.6 Å². The summed E-state index contributed by atoms with van der Waals surface area (Å²) >= 11 is 3.46. The van der Waals surface area contributed by atoms with Crippen LogP contribution in [-0.2, 0) is 5.60 Å². The smallest absolute Gasteiger partial charge is 0.350 e. The molecule has 36 heavy (non-hydrogen) atoms. The molecule has 4 heterocycles. The van der Waals surface area contributed by atoms with E-state index < -0.39 is 11.4 Å². The van der Waals surface area contributed by atoms with Gasteiger partial charge in [-0.2, -0.15) is 0 Å². The van der Waals surface area contributed by atoms with E-state index in [4.69, 9.17) is 5.73 Å². The molecule has 0 aliphatic heterocycles. The molecule has 10 nitrogen and oxygen atoms in total. The number of carbonyl (C=O) groups is 1. The van der Waals surface area contributed by atoms with Crippen molar-refractivity contribution in [3.8, 4) is 22.5 Å². The van der Waals surface area contributed by atoms with Gasteiger partial charge in [0.25, 0.3) is 5.56 Å². The predicted octanol–water partition coefficient (Wildman–Crippen LogP) is 3.08. The minimum Gasteiger partial charge on any atom is -0.374 e. The highest BCUT2D eigenvalue weighted by atomic mass is 79.9. The minimum absolute atomic E-state index is 0.0558. The summed E-state index contributed by atoms with van der Waals surface area (Å²) in [7, 11) is 0. The Morgan fingerprint density at radius 1 is 1.19 bits per heavy atom. The van der Waals surface area contributed by atoms with Crippen LogP contribution in [0.4, 0.5) is 5.95 Å². The first-order chi connectivity index (χ1) is 17.3. The predicted molar refractivity (Wildman–Crippen MR) is 135 cm³/mol. The number of aliphatic hydroxyl groups is 1. The number of fused-ring (bicyclic) bond motifs is 7. The van der Waals surface area contributed by atoms with Gasteiger partial charge in [-0.3, -0.25) is 15.3 Å². The molecule has 2 aliphatic carbocycles. The number of nitrogen functional groups attached to an aromatic ring is 1. The first kappa shape index (κ1) is 21.3. The lowest BCUT2D eigenvalue weighted by Crippen LogP contribution is -2.49. The number of aromatic nitrogens is 6. The average Bonchev–Trinajstić information content (AvgIpc) is 3.57. The van der Waals surface area contributed by atoms with Crippen LogP contribution in [0.15, 0.2) is 46.1 Å². The van der Waals surface area contributed by atoms with Crippen molar-refractivity contribution in [3.63, 3.8) is 0 Å². The molecule has 7 rings (SSSR count). The van der Waals surface area contributed by atoms with E-state index in [2.05, 4.69) is 45.8 Å². The summed E-state index contributed by atoms with van der Waals surface area (Å²) in [6.07, 6.45) is 5.29. The third kappa shape index (κ3) is 2.69. The molecule has 1 aromatic carbocycles. The molecule has 0 saturated heterocycles. The maximum Gasteiger partial charge on any atom is 0.350 e. The number of hydrogen-bond acceptors (Lipinski definition) is 5. The molecule has 0 amide bonds. The summed E-state index contributed by atoms with van der Waals surface area (Å²) in [4.78, 5) is 46.4. The van der Waals surface area contributed by atoms with Gasteiger partial charge < -0.3 is 20.1 Å². The molecule has 0 saturated carbocycles. The Morgan fingerprint density at radius 3 is 2.81 bits per heavy atom. The molecule has 11 heteroatoms. The number of nitrogens with zero attached hydrogens (tertiary/aromatic N) is 1. The van der Waals surface area contributed by atoms with Crippen LogP contribution in [0.3, 0.4) is 0 Å². The monoisotopic (exact) mass is 546 g/mol. The van der Waals surface area contributed by atoms with Crippen molar-refractivity contribution in [2.75, 3.05) is 5.73 Å². The van der Waals surface area contributed by atoms with E-state index in [0.717, 1.165) is 20.9 Å². The highest BCUT2D eigenvalue weighted by Gasteiger charge is 2.57. The number of carbonyl (C=O) groups excluding carboxylic acids is 1. The number of nitrogens with one attached hydrogen (secondary N) is 5. The normalized spacial score (nSPS) is 22.6. The number of benzene rings is 1. The highest BCUT2D eigenvalue weighted by Crippen LogP contribution is 2.55. The second-order valence-corrected chi connectivity index (χ2v) is 10.5. The number of Topliss-reactive ketones (excluding diaryl/α,β-unsaturated/α-hetero) is 1. The second-order valence-electron chi connectivity index (χ2n) is 9.60. The number of aromatic amines is 5. The standard InChI is InChI=1S/C25H20BrN7O3/c1-9-12-5-25(36,21-18(9)32-24(27)33-21)22(34)20-17(12)14(7-29-20)16-8-30-19(23(35)31-16)13-6-28-15-4-10(26)2-3-11(13)15/h2-4,6-9,12,28-29,36H,5H2,1H3,(H,31,35)(H3,27,32,33)/p+1. The first-order valence-electron chi connectivity index (χ1n) is 11.5. The van der Waals surface area contributed by atoms with E-state index in [1.54, 1.807) is 18.6 Å². The topological polar surface area (TPSA) is 171 Å². The zero-order valence-corrected chi connectivity index (χ0v) is 20.6. The van der Waals surface area contributed by atoms with E-state index in [1.165, 1.54) is 0 Å². The van der Waals surface area contributed by atoms with Gasteiger partial charge in [-0.25, -0.2) is 15.0 Å². The minimum atomic E-state index is -1.70. The average molecular weight is 547 g/mol. The van der Waals surface area contributed by atoms with Crippen LogP contribution >= 0.6 is 15.9 Å². The third-order valence-corrected chi connectivity index (χ3v) is 8.15. The van der Waals surface area contributed by atoms with E-state index in [9.17, 15) is 14.7 Å². The third-order valence-electron chi connectivity index (χ3n) is 7.66. The molecule has 3 unspecified atom stereocenters. The number of H-pyrrole nitrogens is 5. The lowest BCUT2D eigenvalue weighted by atomic mass is 9.63. The van der Waals surface area contributed by atoms with E-state index in [1.807, 2.05) is 25.1 Å². The Bertz CT molecular complexity index is 1790. The fourth-order valence-corrected chi connectivity index (χ4v) is 6.29. The molecular formula is C25H21BrN7O3+. The van der Waals surface area contributed by atoms with Crippen LogP contribution in [-0.4, -0.2) is 35.8 Å². The molecule has 5 aromatic rings. The Morgan fingerprint density at radius 2 is 2.00 bits per heavy atom. The van der Waals surface area contributed by atoms with Crippen LogP contribution in [0.1, 0.15) is 52.6 Å². The first-order valence-corrected chi connectivity index (χ1v) is 12.3. The summed E-state index contributed by atoms with van der Waals surface area (Å²) in [6.45, 7) is 2.03. The molecule has 8 N–H and O–H groups in total. The molecule has 3 atom stereocenters. The zero-order chi connectivity index (χ0) is 24.9. The Hall–Kier alpha value is -3.96. The van der Waals surface area contributed by atoms with Crippen LogP contribution in [0.5, 0.6) is 0 Å². The van der Waals surface area contributed by atoms with Crippen molar-refractivity contribution in [2.24, 2.45) is 0 Å². The van der Waals surface area contributed by atoms with Gasteiger partial charge in [0.2, 0.25) is 5.78 Å². The lowest BCUT2D eigenvalue weighted by molar-refractivity contribution is -0.387. The van der Waals surface area contributed by atoms with Gasteiger partial charge in [-0.05, 0) is 30.0 Å². The maximum absolute atomic E-state index is 13.4. The molecule has 2 bridgehead atoms. The van der Waals surface area contributed by atoms with Crippen molar-refractivity contribution >= 4 is 38.6 Å². The number of hydrogen-bond donors (Lipinski definition) is 6. The number of imidazole rings is 1. The molecule has 0 radical (unpaired) electrons. The van der Waals surface area contributed by atoms with Crippen molar-refractivity contribution < 1.29 is 14.9 Å². The SMILES string of the molecule is CC1c2[nH]c(N)[nH+]c2C2(O)CC1c1c(-c3cnc(-c4c[nH]c5cc(Br)ccc45)c(=O)[nH]3)c[nH]c1C2=O. The highest BCUT2D eigenvalue weighted by molar-refractivity contribution is 9.10. The van der Waals surface area contributed by atoms with Crippen molar-refractivity contribution in [1.29, 1.82) is 0 Å². The van der Waals surface area contributed by atoms with Gasteiger partial charge >= 0.3 is 5.95 Å². The van der Waals surface area contributed by atoms with Crippen LogP contribution in [0.2, 0.25) is 0 Å². The van der Waals surface area contributed by atoms with Crippen molar-refractivity contribution in [3.05, 3.63) is 74.3 Å². The zero-order valence-electron chi connectivity index (χ0n) is 19.0. The lowest BCUT2D eigenvalue weighted by Gasteiger charge is -2.41. The van der Waals surface area contributed by atoms with Crippen molar-refractivity contribution in [1.82, 2.24) is 24.9 Å². The Kier molecular flexibility index (Phi) is 4.18. The van der Waals surface area contributed by atoms with Gasteiger partial charge in [0.1, 0.15) is 11.4 Å². The van der Waals surface area contributed by atoms with Crippen LogP contribution < -0.4 is 16.3 Å². The van der Waals surface area contributed by atoms with E-state index >= 15 is 0 Å². The molecule has 180 valence electrons. The molecule has 0 fully saturated rings. The molecule has 0 spiro atoms. The summed E-state index contributed by atoms with van der Waals surface area (Å²) in [5, 5.41) is 12.3. The fourth-order valence-electron chi connectivity index (χ4n) is 5.93. The number of nitrogens with two attached hydrogens (primary N) is 1. The summed E-state index contributed by atoms with van der Waals surface area (Å²) in [5.41, 5.74) is 9.20. The van der Waals surface area contributed by atoms with Crippen LogP contribution in [0.25, 0.3) is 33.4 Å². The molecule has 4 aromatic heterocycles. The largest absolute Gasteiger partial charge is 0.374 e. The number of ketones is 1. The van der Waals surface area contributed by atoms with E-state index in [-0.39, 0.29) is 23.8 Å². The summed E-state index contributed by atoms with van der Waals surface area (Å²) in [5.74, 6) is -0.378. The Balaban J connectivity index is 1.35. The van der Waals surface area contributed by atoms with Crippen LogP contribution in [0, 0.1) is 0 Å². The number of anilines is 1. The molecular weight excluding hydrogens is 526 g/mol. The maximum atomic E-state index is 13.4. The summed E-state index contributed by atoms with van der Waals surface area (Å²) < 4.78 is 0.934. The van der Waals surface area contributed by atoms with Gasteiger partial charge in [-0.1, -0.05) is 28.9 Å². The number of halogens is 1. The van der Waals surface area contributed by atoms with Crippen molar-refractivity contribution in [2.45, 2.75) is 30.8 Å². The number of rotatable bonds is 2. The quantitative estimate of drug-likeness (QED) is 0.199. The summed E-state index contributed by atoms with van der Waals surface area (Å²) in [6, 6.07) is 5.79. The molecule has 2 aliphatic rings. The van der Waals surface area contributed by atoms with Gasteiger partial charge in [-0.15, -0.1) is 0 Å². The second kappa shape index (κ2) is 7.05. The van der Waals surface area contributed by atoms with Gasteiger partial charge in [0, 0.05) is 44.8 Å². The fraction of sp³-hybridized carbons (Fsp3) is 0.200. The Labute approximate surface area is 211 Å².